The van der Waals surface area contributed by atoms with Crippen molar-refractivity contribution >= 4 is 5.91 Å². The molecule has 3 rings (SSSR count). The van der Waals surface area contributed by atoms with Crippen molar-refractivity contribution in [2.24, 2.45) is 0 Å². The summed E-state index contributed by atoms with van der Waals surface area (Å²) in [7, 11) is 3.92. The molecule has 5 nitrogen and oxygen atoms in total. The number of nitrogens with zero attached hydrogens (tertiary/aromatic N) is 1. The van der Waals surface area contributed by atoms with E-state index in [1.54, 1.807) is 18.4 Å². The van der Waals surface area contributed by atoms with Crippen molar-refractivity contribution in [2.75, 3.05) is 20.6 Å². The first kappa shape index (κ1) is 17.0. The summed E-state index contributed by atoms with van der Waals surface area (Å²) >= 11 is 0. The molecule has 0 aliphatic carbocycles. The number of carbonyl (C=O) groups excluding carboxylic acids is 1. The van der Waals surface area contributed by atoms with E-state index >= 15 is 0 Å². The Balaban J connectivity index is 1.65. The highest BCUT2D eigenvalue weighted by atomic mass is 16.3. The van der Waals surface area contributed by atoms with Gasteiger partial charge in [-0.05, 0) is 57.4 Å². The van der Waals surface area contributed by atoms with Gasteiger partial charge in [0.1, 0.15) is 17.3 Å². The molecule has 25 heavy (non-hydrogen) atoms. The molecule has 1 N–H and O–H groups in total. The third kappa shape index (κ3) is 4.00. The predicted molar refractivity (Wildman–Crippen MR) is 96.4 cm³/mol. The highest BCUT2D eigenvalue weighted by molar-refractivity contribution is 5.94. The summed E-state index contributed by atoms with van der Waals surface area (Å²) in [5.74, 6) is 2.38. The second-order valence-electron chi connectivity index (χ2n) is 6.19. The minimum absolute atomic E-state index is 0.00989. The second-order valence-corrected chi connectivity index (χ2v) is 6.19. The Morgan fingerprint density at radius 1 is 1.12 bits per heavy atom. The van der Waals surface area contributed by atoms with Crippen LogP contribution >= 0.6 is 0 Å². The zero-order chi connectivity index (χ0) is 17.8. The van der Waals surface area contributed by atoms with Crippen LogP contribution in [0.3, 0.4) is 0 Å². The maximum Gasteiger partial charge on any atom is 0.251 e. The van der Waals surface area contributed by atoms with Crippen LogP contribution in [0.15, 0.2) is 63.6 Å². The number of hydrogen-bond acceptors (Lipinski definition) is 4. The van der Waals surface area contributed by atoms with Crippen LogP contribution in [0.1, 0.15) is 27.9 Å². The van der Waals surface area contributed by atoms with Crippen molar-refractivity contribution in [1.29, 1.82) is 0 Å². The summed E-state index contributed by atoms with van der Waals surface area (Å²) in [6.07, 6.45) is 1.64. The van der Waals surface area contributed by atoms with Crippen LogP contribution in [-0.2, 0) is 0 Å². The Kier molecular flexibility index (Phi) is 5.05. The van der Waals surface area contributed by atoms with Gasteiger partial charge in [-0.15, -0.1) is 0 Å². The molecule has 1 amide bonds. The van der Waals surface area contributed by atoms with Crippen molar-refractivity contribution in [3.05, 3.63) is 71.9 Å². The molecule has 1 unspecified atom stereocenters. The molecule has 3 aromatic rings. The van der Waals surface area contributed by atoms with Gasteiger partial charge in [0, 0.05) is 17.7 Å². The van der Waals surface area contributed by atoms with Gasteiger partial charge >= 0.3 is 0 Å². The topological polar surface area (TPSA) is 58.6 Å². The third-order valence-electron chi connectivity index (χ3n) is 4.12. The molecule has 1 atom stereocenters. The van der Waals surface area contributed by atoms with E-state index in [1.807, 2.05) is 62.3 Å². The summed E-state index contributed by atoms with van der Waals surface area (Å²) < 4.78 is 11.1. The average Bonchev–Trinajstić information content (AvgIpc) is 3.27. The molecule has 2 heterocycles. The number of hydrogen-bond donors (Lipinski definition) is 1. The minimum atomic E-state index is -0.111. The van der Waals surface area contributed by atoms with Crippen molar-refractivity contribution < 1.29 is 13.6 Å². The molecule has 0 radical (unpaired) electrons. The van der Waals surface area contributed by atoms with Crippen molar-refractivity contribution in [3.63, 3.8) is 0 Å². The smallest absolute Gasteiger partial charge is 0.251 e. The maximum absolute atomic E-state index is 12.4. The van der Waals surface area contributed by atoms with Gasteiger partial charge in [-0.1, -0.05) is 12.1 Å². The molecule has 0 bridgehead atoms. The van der Waals surface area contributed by atoms with E-state index < -0.39 is 0 Å². The van der Waals surface area contributed by atoms with Gasteiger partial charge in [0.15, 0.2) is 0 Å². The summed E-state index contributed by atoms with van der Waals surface area (Å²) in [4.78, 5) is 14.4. The van der Waals surface area contributed by atoms with E-state index in [-0.39, 0.29) is 11.9 Å². The lowest BCUT2D eigenvalue weighted by molar-refractivity contribution is 0.0939. The van der Waals surface area contributed by atoms with Gasteiger partial charge in [0.05, 0.1) is 12.3 Å². The van der Waals surface area contributed by atoms with Gasteiger partial charge in [-0.3, -0.25) is 9.69 Å². The highest BCUT2D eigenvalue weighted by Gasteiger charge is 2.18. The zero-order valence-corrected chi connectivity index (χ0v) is 14.7. The number of benzene rings is 1. The van der Waals surface area contributed by atoms with Crippen LogP contribution in [0.5, 0.6) is 0 Å². The Bertz CT molecular complexity index is 817. The molecule has 0 fully saturated rings. The molecule has 0 saturated carbocycles. The number of furan rings is 2. The molecule has 0 aliphatic rings. The fourth-order valence-corrected chi connectivity index (χ4v) is 2.69. The lowest BCUT2D eigenvalue weighted by Crippen LogP contribution is -2.34. The van der Waals surface area contributed by atoms with Crippen LogP contribution in [0.25, 0.3) is 11.3 Å². The Labute approximate surface area is 147 Å². The summed E-state index contributed by atoms with van der Waals surface area (Å²) in [5, 5.41) is 2.97. The number of aryl methyl sites for hydroxylation is 1. The highest BCUT2D eigenvalue weighted by Crippen LogP contribution is 2.22. The van der Waals surface area contributed by atoms with Gasteiger partial charge in [-0.2, -0.15) is 0 Å². The predicted octanol–water partition coefficient (Wildman–Crippen LogP) is 3.88. The van der Waals surface area contributed by atoms with Crippen LogP contribution in [0.4, 0.5) is 0 Å². The fraction of sp³-hybridized carbons (Fsp3) is 0.250. The molecule has 0 aliphatic heterocycles. The normalized spacial score (nSPS) is 12.3. The van der Waals surface area contributed by atoms with E-state index in [0.29, 0.717) is 12.1 Å². The fourth-order valence-electron chi connectivity index (χ4n) is 2.69. The molecular formula is C20H22N2O3. The van der Waals surface area contributed by atoms with E-state index in [0.717, 1.165) is 22.8 Å². The van der Waals surface area contributed by atoms with Gasteiger partial charge < -0.3 is 14.2 Å². The minimum Gasteiger partial charge on any atom is -0.468 e. The monoisotopic (exact) mass is 338 g/mol. The van der Waals surface area contributed by atoms with Gasteiger partial charge in [0.25, 0.3) is 5.91 Å². The SMILES string of the molecule is Cc1ccc(-c2ccc(C(=O)NCC(c3ccco3)N(C)C)cc2)o1. The lowest BCUT2D eigenvalue weighted by Gasteiger charge is -2.22. The summed E-state index contributed by atoms with van der Waals surface area (Å²) in [6, 6.07) is 15.0. The van der Waals surface area contributed by atoms with E-state index in [9.17, 15) is 4.79 Å². The molecule has 5 heteroatoms. The van der Waals surface area contributed by atoms with Crippen molar-refractivity contribution in [3.8, 4) is 11.3 Å². The Hall–Kier alpha value is -2.79. The van der Waals surface area contributed by atoms with Crippen LogP contribution in [-0.4, -0.2) is 31.4 Å². The molecule has 1 aromatic carbocycles. The molecular weight excluding hydrogens is 316 g/mol. The Morgan fingerprint density at radius 2 is 1.88 bits per heavy atom. The molecule has 130 valence electrons. The summed E-state index contributed by atoms with van der Waals surface area (Å²) in [5.41, 5.74) is 1.57. The quantitative estimate of drug-likeness (QED) is 0.741. The maximum atomic E-state index is 12.4. The van der Waals surface area contributed by atoms with Crippen LogP contribution < -0.4 is 5.32 Å². The second kappa shape index (κ2) is 7.40. The Morgan fingerprint density at radius 3 is 2.44 bits per heavy atom. The van der Waals surface area contributed by atoms with Crippen LogP contribution in [0, 0.1) is 6.92 Å². The first-order valence-corrected chi connectivity index (χ1v) is 8.19. The number of carbonyl (C=O) groups is 1. The van der Waals surface area contributed by atoms with Crippen molar-refractivity contribution in [2.45, 2.75) is 13.0 Å². The van der Waals surface area contributed by atoms with E-state index in [1.165, 1.54) is 0 Å². The van der Waals surface area contributed by atoms with Crippen LogP contribution in [0.2, 0.25) is 0 Å². The third-order valence-corrected chi connectivity index (χ3v) is 4.12. The largest absolute Gasteiger partial charge is 0.468 e. The summed E-state index contributed by atoms with van der Waals surface area (Å²) in [6.45, 7) is 2.38. The van der Waals surface area contributed by atoms with E-state index in [2.05, 4.69) is 5.32 Å². The standard InChI is InChI=1S/C20H22N2O3/c1-14-6-11-18(25-14)15-7-9-16(10-8-15)20(23)21-13-17(22(2)3)19-5-4-12-24-19/h4-12,17H,13H2,1-3H3,(H,21,23). The van der Waals surface area contributed by atoms with Gasteiger partial charge in [-0.25, -0.2) is 0 Å². The van der Waals surface area contributed by atoms with Crippen molar-refractivity contribution in [1.82, 2.24) is 10.2 Å². The van der Waals surface area contributed by atoms with E-state index in [4.69, 9.17) is 8.83 Å². The lowest BCUT2D eigenvalue weighted by atomic mass is 10.1. The molecule has 0 spiro atoms. The zero-order valence-electron chi connectivity index (χ0n) is 14.7. The van der Waals surface area contributed by atoms with Gasteiger partial charge in [0.2, 0.25) is 0 Å². The first-order chi connectivity index (χ1) is 12.0. The number of likely N-dealkylation sites (N-methyl/N-ethyl adjacent to an activating group) is 1. The number of amides is 1. The average molecular weight is 338 g/mol. The molecule has 0 saturated heterocycles. The number of nitrogens with one attached hydrogen (secondary N) is 1. The number of rotatable bonds is 6. The molecule has 2 aromatic heterocycles. The first-order valence-electron chi connectivity index (χ1n) is 8.19.